The first kappa shape index (κ1) is 13.4. The van der Waals surface area contributed by atoms with E-state index in [1.165, 1.54) is 0 Å². The molecule has 0 heterocycles. The monoisotopic (exact) mass is 275 g/mol. The molecule has 0 saturated carbocycles. The fourth-order valence-corrected chi connectivity index (χ4v) is 2.00. The average Bonchev–Trinajstić information content (AvgIpc) is 2.41. The van der Waals surface area contributed by atoms with Crippen LogP contribution in [0, 0.1) is 0 Å². The Balaban J connectivity index is 2.38. The van der Waals surface area contributed by atoms with Crippen molar-refractivity contribution in [3.63, 3.8) is 0 Å². The van der Waals surface area contributed by atoms with E-state index in [9.17, 15) is 0 Å². The maximum atomic E-state index is 8.94. The zero-order valence-electron chi connectivity index (χ0n) is 10.8. The smallest absolute Gasteiger partial charge is 0.318 e. The topological polar surface area (TPSA) is 48.9 Å². The number of hydrogen-bond acceptors (Lipinski definition) is 2. The van der Waals surface area contributed by atoms with Crippen LogP contribution in [0.4, 0.5) is 0 Å². The van der Waals surface area contributed by atoms with Crippen LogP contribution in [0.15, 0.2) is 52.9 Å². The zero-order chi connectivity index (χ0) is 13.8. The first-order valence-corrected chi connectivity index (χ1v) is 6.21. The Morgan fingerprint density at radius 2 is 1.95 bits per heavy atom. The molecule has 0 N–H and O–H groups in total. The Morgan fingerprint density at radius 1 is 1.26 bits per heavy atom. The summed E-state index contributed by atoms with van der Waals surface area (Å²) in [5, 5.41) is 0.423. The van der Waals surface area contributed by atoms with Gasteiger partial charge < -0.3 is 15.2 Å². The fourth-order valence-electron chi connectivity index (χ4n) is 1.79. The number of nitrogens with zero attached hydrogens (tertiary/aromatic N) is 3. The highest BCUT2D eigenvalue weighted by molar-refractivity contribution is 6.43. The van der Waals surface area contributed by atoms with Crippen LogP contribution in [-0.4, -0.2) is 29.5 Å². The molecule has 0 bridgehead atoms. The van der Waals surface area contributed by atoms with Gasteiger partial charge in [0.1, 0.15) is 23.0 Å². The summed E-state index contributed by atoms with van der Waals surface area (Å²) < 4.78 is 5.85. The molecule has 4 nitrogen and oxygen atoms in total. The molecular formula is C14H14ClN3O. The van der Waals surface area contributed by atoms with Gasteiger partial charge in [-0.1, -0.05) is 29.8 Å². The van der Waals surface area contributed by atoms with E-state index in [1.807, 2.05) is 49.3 Å². The summed E-state index contributed by atoms with van der Waals surface area (Å²) in [5.74, 6) is 1.44. The third kappa shape index (κ3) is 3.05. The molecule has 0 fully saturated rings. The van der Waals surface area contributed by atoms with Crippen LogP contribution in [-0.2, 0) is 0 Å². The van der Waals surface area contributed by atoms with Crippen LogP contribution in [0.25, 0.3) is 5.53 Å². The lowest BCUT2D eigenvalue weighted by Crippen LogP contribution is -2.21. The standard InChI is InChI=1S/C14H14ClN3O/c1-18(2)13-8-11(15)12(17-16)9-14(13)19-10-6-4-3-5-7-10/h3-8H,9H2,1-2H3. The van der Waals surface area contributed by atoms with Gasteiger partial charge in [-0.3, -0.25) is 0 Å². The minimum Gasteiger partial charge on any atom is -0.459 e. The normalized spacial score (nSPS) is 14.9. The molecule has 0 radical (unpaired) electrons. The van der Waals surface area contributed by atoms with Crippen molar-refractivity contribution in [3.8, 4) is 5.75 Å². The van der Waals surface area contributed by atoms with Crippen LogP contribution in [0.3, 0.4) is 0 Å². The van der Waals surface area contributed by atoms with E-state index < -0.39 is 0 Å². The molecule has 1 aliphatic carbocycles. The lowest BCUT2D eigenvalue weighted by Gasteiger charge is -2.21. The summed E-state index contributed by atoms with van der Waals surface area (Å²) in [6.07, 6.45) is 2.09. The van der Waals surface area contributed by atoms with E-state index >= 15 is 0 Å². The molecule has 1 aromatic carbocycles. The summed E-state index contributed by atoms with van der Waals surface area (Å²) >= 11 is 6.04. The number of para-hydroxylation sites is 1. The van der Waals surface area contributed by atoms with Gasteiger partial charge in [0, 0.05) is 14.1 Å². The molecule has 98 valence electrons. The summed E-state index contributed by atoms with van der Waals surface area (Å²) in [6, 6.07) is 9.47. The van der Waals surface area contributed by atoms with Crippen molar-refractivity contribution >= 4 is 17.3 Å². The number of halogens is 1. The van der Waals surface area contributed by atoms with Crippen molar-refractivity contribution in [1.82, 2.24) is 4.90 Å². The van der Waals surface area contributed by atoms with Crippen molar-refractivity contribution in [2.75, 3.05) is 14.1 Å². The molecule has 1 aromatic rings. The second-order valence-corrected chi connectivity index (χ2v) is 4.74. The Morgan fingerprint density at radius 3 is 2.53 bits per heavy atom. The van der Waals surface area contributed by atoms with Gasteiger partial charge in [-0.05, 0) is 18.2 Å². The zero-order valence-corrected chi connectivity index (χ0v) is 11.6. The van der Waals surface area contributed by atoms with Gasteiger partial charge >= 0.3 is 5.71 Å². The second-order valence-electron chi connectivity index (χ2n) is 4.33. The van der Waals surface area contributed by atoms with Gasteiger partial charge in [0.2, 0.25) is 0 Å². The van der Waals surface area contributed by atoms with Crippen molar-refractivity contribution in [2.24, 2.45) is 0 Å². The molecule has 19 heavy (non-hydrogen) atoms. The molecule has 0 unspecified atom stereocenters. The van der Waals surface area contributed by atoms with Gasteiger partial charge in [0.15, 0.2) is 0 Å². The summed E-state index contributed by atoms with van der Waals surface area (Å²) in [5.41, 5.74) is 10.2. The maximum Gasteiger partial charge on any atom is 0.318 e. The number of likely N-dealkylation sites (N-methyl/N-ethyl adjacent to an activating group) is 1. The molecule has 5 heteroatoms. The quantitative estimate of drug-likeness (QED) is 0.629. The van der Waals surface area contributed by atoms with E-state index in [-0.39, 0.29) is 0 Å². The molecule has 0 aromatic heterocycles. The number of allylic oxidation sites excluding steroid dienone is 3. The van der Waals surface area contributed by atoms with E-state index in [4.69, 9.17) is 21.9 Å². The lowest BCUT2D eigenvalue weighted by atomic mass is 10.1. The molecule has 1 aliphatic rings. The van der Waals surface area contributed by atoms with Gasteiger partial charge in [0.05, 0.1) is 5.70 Å². The van der Waals surface area contributed by atoms with Crippen molar-refractivity contribution in [3.05, 3.63) is 58.4 Å². The van der Waals surface area contributed by atoms with Crippen molar-refractivity contribution < 1.29 is 9.53 Å². The molecule has 0 spiro atoms. The molecular weight excluding hydrogens is 262 g/mol. The van der Waals surface area contributed by atoms with Gasteiger partial charge in [-0.2, -0.15) is 4.79 Å². The van der Waals surface area contributed by atoms with Gasteiger partial charge in [0.25, 0.3) is 0 Å². The fraction of sp³-hybridized carbons (Fsp3) is 0.214. The Hall–Kier alpha value is -2.03. The number of ether oxygens (including phenoxy) is 1. The molecule has 0 saturated heterocycles. The summed E-state index contributed by atoms with van der Waals surface area (Å²) in [6.45, 7) is 0. The number of hydrogen-bond donors (Lipinski definition) is 0. The minimum absolute atomic E-state index is 0.355. The highest BCUT2D eigenvalue weighted by atomic mass is 35.5. The van der Waals surface area contributed by atoms with Crippen LogP contribution in [0.1, 0.15) is 6.42 Å². The van der Waals surface area contributed by atoms with E-state index in [1.54, 1.807) is 6.08 Å². The van der Waals surface area contributed by atoms with Gasteiger partial charge in [-0.25, -0.2) is 0 Å². The van der Waals surface area contributed by atoms with Crippen LogP contribution >= 0.6 is 11.6 Å². The number of benzene rings is 1. The van der Waals surface area contributed by atoms with E-state index in [0.717, 1.165) is 11.4 Å². The first-order chi connectivity index (χ1) is 9.11. The minimum atomic E-state index is 0.355. The maximum absolute atomic E-state index is 8.94. The van der Waals surface area contributed by atoms with E-state index in [2.05, 4.69) is 4.79 Å². The summed E-state index contributed by atoms with van der Waals surface area (Å²) in [4.78, 5) is 5.11. The molecule has 0 aliphatic heterocycles. The van der Waals surface area contributed by atoms with Gasteiger partial charge in [-0.15, -0.1) is 0 Å². The second kappa shape index (κ2) is 5.74. The third-order valence-electron chi connectivity index (χ3n) is 2.74. The predicted octanol–water partition coefficient (Wildman–Crippen LogP) is 3.04. The van der Waals surface area contributed by atoms with E-state index in [0.29, 0.717) is 22.9 Å². The highest BCUT2D eigenvalue weighted by Crippen LogP contribution is 2.27. The molecule has 0 atom stereocenters. The predicted molar refractivity (Wildman–Crippen MR) is 75.0 cm³/mol. The summed E-state index contributed by atoms with van der Waals surface area (Å²) in [7, 11) is 3.82. The van der Waals surface area contributed by atoms with Crippen LogP contribution < -0.4 is 4.74 Å². The van der Waals surface area contributed by atoms with Crippen molar-refractivity contribution in [2.45, 2.75) is 6.42 Å². The lowest BCUT2D eigenvalue weighted by molar-refractivity contribution is -0.00679. The Kier molecular flexibility index (Phi) is 4.05. The third-order valence-corrected chi connectivity index (χ3v) is 3.07. The largest absolute Gasteiger partial charge is 0.459 e. The van der Waals surface area contributed by atoms with Crippen LogP contribution in [0.2, 0.25) is 0 Å². The van der Waals surface area contributed by atoms with Crippen molar-refractivity contribution in [1.29, 1.82) is 0 Å². The highest BCUT2D eigenvalue weighted by Gasteiger charge is 2.26. The molecule has 2 rings (SSSR count). The Bertz CT molecular complexity index is 584. The average molecular weight is 276 g/mol. The first-order valence-electron chi connectivity index (χ1n) is 5.83. The molecule has 0 amide bonds. The Labute approximate surface area is 117 Å². The van der Waals surface area contributed by atoms with Crippen LogP contribution in [0.5, 0.6) is 5.75 Å². The SMILES string of the molecule is CN(C)C1=C(Oc2ccccc2)CC(=[N+]=[N-])C(Cl)=C1. The number of rotatable bonds is 3.